The van der Waals surface area contributed by atoms with Crippen LogP contribution in [0.2, 0.25) is 0 Å². The third-order valence-corrected chi connectivity index (χ3v) is 7.58. The second kappa shape index (κ2) is 14.5. The molecule has 2 amide bonds. The molecule has 10 heteroatoms. The highest BCUT2D eigenvalue weighted by molar-refractivity contribution is 7.92. The van der Waals surface area contributed by atoms with Crippen LogP contribution < -0.4 is 14.4 Å². The minimum atomic E-state index is -3.90. The van der Waals surface area contributed by atoms with Gasteiger partial charge in [0.25, 0.3) is 0 Å². The number of nitrogens with one attached hydrogen (secondary N) is 1. The first-order valence-corrected chi connectivity index (χ1v) is 14.9. The molecule has 0 aliphatic carbocycles. The average molecular weight is 570 g/mol. The highest BCUT2D eigenvalue weighted by atomic mass is 32.2. The fraction of sp³-hybridized carbons (Fsp3) is 0.333. The molecule has 1 atom stereocenters. The molecule has 3 rings (SSSR count). The van der Waals surface area contributed by atoms with Crippen molar-refractivity contribution in [3.05, 3.63) is 95.8 Å². The largest absolute Gasteiger partial charge is 0.497 e. The van der Waals surface area contributed by atoms with Crippen LogP contribution in [0.25, 0.3) is 0 Å². The fourth-order valence-electron chi connectivity index (χ4n) is 4.23. The summed E-state index contributed by atoms with van der Waals surface area (Å²) in [6.45, 7) is 1.63. The molecule has 0 spiro atoms. The standard InChI is InChI=1S/C30H36FN3O5S/c1-4-5-19-32-30(36)28(20-23-11-7-6-8-12-23)33(21-24-13-9-10-14-27(24)31)29(35)22-34(40(3,37)38)25-15-17-26(39-2)18-16-25/h6-18,28H,4-5,19-22H2,1-3H3,(H,32,36)/t28-/m1/s1. The molecule has 0 aromatic heterocycles. The molecule has 0 heterocycles. The summed E-state index contributed by atoms with van der Waals surface area (Å²) >= 11 is 0. The quantitative estimate of drug-likeness (QED) is 0.294. The summed E-state index contributed by atoms with van der Waals surface area (Å²) in [5.41, 5.74) is 1.28. The van der Waals surface area contributed by atoms with Crippen molar-refractivity contribution in [1.29, 1.82) is 0 Å². The highest BCUT2D eigenvalue weighted by Crippen LogP contribution is 2.23. The van der Waals surface area contributed by atoms with Crippen LogP contribution in [0.4, 0.5) is 10.1 Å². The van der Waals surface area contributed by atoms with Gasteiger partial charge in [-0.05, 0) is 42.3 Å². The number of halogens is 1. The van der Waals surface area contributed by atoms with Crippen molar-refractivity contribution < 1.29 is 27.1 Å². The summed E-state index contributed by atoms with van der Waals surface area (Å²) in [6, 6.07) is 20.5. The number of sulfonamides is 1. The monoisotopic (exact) mass is 569 g/mol. The van der Waals surface area contributed by atoms with E-state index in [2.05, 4.69) is 5.32 Å². The molecule has 3 aromatic carbocycles. The minimum absolute atomic E-state index is 0.167. The van der Waals surface area contributed by atoms with Crippen molar-refractivity contribution in [3.8, 4) is 5.75 Å². The molecule has 3 aromatic rings. The van der Waals surface area contributed by atoms with Gasteiger partial charge in [-0.25, -0.2) is 12.8 Å². The summed E-state index contributed by atoms with van der Waals surface area (Å²) < 4.78 is 46.5. The normalized spacial score (nSPS) is 11.9. The van der Waals surface area contributed by atoms with Gasteiger partial charge in [-0.1, -0.05) is 61.9 Å². The van der Waals surface area contributed by atoms with E-state index in [9.17, 15) is 22.4 Å². The molecule has 0 unspecified atom stereocenters. The summed E-state index contributed by atoms with van der Waals surface area (Å²) in [5.74, 6) is -1.04. The maximum absolute atomic E-state index is 14.8. The van der Waals surface area contributed by atoms with Crippen LogP contribution in [0.1, 0.15) is 30.9 Å². The molecule has 40 heavy (non-hydrogen) atoms. The average Bonchev–Trinajstić information content (AvgIpc) is 2.94. The van der Waals surface area contributed by atoms with Gasteiger partial charge in [-0.3, -0.25) is 13.9 Å². The summed E-state index contributed by atoms with van der Waals surface area (Å²) in [5, 5.41) is 2.90. The van der Waals surface area contributed by atoms with Gasteiger partial charge in [0.05, 0.1) is 19.1 Å². The van der Waals surface area contributed by atoms with Crippen LogP contribution in [0, 0.1) is 5.82 Å². The first-order valence-electron chi connectivity index (χ1n) is 13.1. The Kier molecular flexibility index (Phi) is 11.1. The van der Waals surface area contributed by atoms with Gasteiger partial charge in [0.2, 0.25) is 21.8 Å². The smallest absolute Gasteiger partial charge is 0.244 e. The Labute approximate surface area is 235 Å². The number of hydrogen-bond acceptors (Lipinski definition) is 5. The third-order valence-electron chi connectivity index (χ3n) is 6.44. The Morgan fingerprint density at radius 3 is 2.23 bits per heavy atom. The van der Waals surface area contributed by atoms with Crippen LogP contribution in [0.3, 0.4) is 0 Å². The van der Waals surface area contributed by atoms with E-state index in [-0.39, 0.29) is 24.2 Å². The van der Waals surface area contributed by atoms with E-state index in [0.717, 1.165) is 29.0 Å². The predicted molar refractivity (Wildman–Crippen MR) is 154 cm³/mol. The molecule has 8 nitrogen and oxygen atoms in total. The van der Waals surface area contributed by atoms with Crippen molar-refractivity contribution >= 4 is 27.5 Å². The maximum Gasteiger partial charge on any atom is 0.244 e. The second-order valence-electron chi connectivity index (χ2n) is 9.43. The number of methoxy groups -OCH3 is 1. The lowest BCUT2D eigenvalue weighted by molar-refractivity contribution is -0.140. The van der Waals surface area contributed by atoms with E-state index in [4.69, 9.17) is 4.74 Å². The Bertz CT molecular complexity index is 1370. The molecule has 0 aliphatic rings. The molecule has 0 bridgehead atoms. The minimum Gasteiger partial charge on any atom is -0.497 e. The fourth-order valence-corrected chi connectivity index (χ4v) is 5.08. The Morgan fingerprint density at radius 1 is 0.975 bits per heavy atom. The van der Waals surface area contributed by atoms with Crippen molar-refractivity contribution in [2.45, 2.75) is 38.8 Å². The molecular formula is C30H36FN3O5S. The van der Waals surface area contributed by atoms with Gasteiger partial charge in [0.1, 0.15) is 24.2 Å². The van der Waals surface area contributed by atoms with E-state index in [1.165, 1.54) is 30.2 Å². The summed E-state index contributed by atoms with van der Waals surface area (Å²) in [7, 11) is -2.41. The third kappa shape index (κ3) is 8.54. The van der Waals surface area contributed by atoms with Crippen molar-refractivity contribution in [2.75, 3.05) is 30.8 Å². The molecule has 0 fully saturated rings. The zero-order valence-corrected chi connectivity index (χ0v) is 23.9. The van der Waals surface area contributed by atoms with E-state index >= 15 is 0 Å². The van der Waals surface area contributed by atoms with Gasteiger partial charge < -0.3 is 15.0 Å². The number of unbranched alkanes of at least 4 members (excludes halogenated alkanes) is 1. The van der Waals surface area contributed by atoms with Crippen molar-refractivity contribution in [3.63, 3.8) is 0 Å². The molecule has 0 saturated carbocycles. The zero-order chi connectivity index (χ0) is 29.1. The van der Waals surface area contributed by atoms with E-state index in [1.54, 1.807) is 30.3 Å². The topological polar surface area (TPSA) is 96.0 Å². The molecule has 0 saturated heterocycles. The lowest BCUT2D eigenvalue weighted by atomic mass is 10.0. The van der Waals surface area contributed by atoms with Crippen LogP contribution in [-0.2, 0) is 32.6 Å². The molecule has 0 aliphatic heterocycles. The summed E-state index contributed by atoms with van der Waals surface area (Å²) in [4.78, 5) is 28.8. The van der Waals surface area contributed by atoms with Crippen LogP contribution in [-0.4, -0.2) is 57.6 Å². The molecular weight excluding hydrogens is 533 g/mol. The van der Waals surface area contributed by atoms with Gasteiger partial charge in [-0.2, -0.15) is 0 Å². The lowest BCUT2D eigenvalue weighted by Crippen LogP contribution is -2.53. The van der Waals surface area contributed by atoms with Crippen molar-refractivity contribution in [1.82, 2.24) is 10.2 Å². The predicted octanol–water partition coefficient (Wildman–Crippen LogP) is 4.16. The lowest BCUT2D eigenvalue weighted by Gasteiger charge is -2.33. The Hall–Kier alpha value is -3.92. The van der Waals surface area contributed by atoms with E-state index < -0.39 is 40.2 Å². The zero-order valence-electron chi connectivity index (χ0n) is 23.0. The van der Waals surface area contributed by atoms with Crippen LogP contribution >= 0.6 is 0 Å². The number of rotatable bonds is 14. The molecule has 1 N–H and O–H groups in total. The first-order chi connectivity index (χ1) is 19.1. The first kappa shape index (κ1) is 30.6. The number of amides is 2. The number of benzene rings is 3. The maximum atomic E-state index is 14.8. The number of nitrogens with zero attached hydrogens (tertiary/aromatic N) is 2. The summed E-state index contributed by atoms with van der Waals surface area (Å²) in [6.07, 6.45) is 2.79. The Balaban J connectivity index is 2.03. The number of hydrogen-bond donors (Lipinski definition) is 1. The highest BCUT2D eigenvalue weighted by Gasteiger charge is 2.33. The van der Waals surface area contributed by atoms with E-state index in [1.807, 2.05) is 37.3 Å². The van der Waals surface area contributed by atoms with Gasteiger partial charge in [-0.15, -0.1) is 0 Å². The van der Waals surface area contributed by atoms with Gasteiger partial charge in [0.15, 0.2) is 0 Å². The molecule has 0 radical (unpaired) electrons. The molecule has 214 valence electrons. The Morgan fingerprint density at radius 2 is 1.62 bits per heavy atom. The number of anilines is 1. The van der Waals surface area contributed by atoms with Crippen LogP contribution in [0.5, 0.6) is 5.75 Å². The van der Waals surface area contributed by atoms with Crippen molar-refractivity contribution in [2.24, 2.45) is 0 Å². The van der Waals surface area contributed by atoms with E-state index in [0.29, 0.717) is 12.3 Å². The SMILES string of the molecule is CCCCNC(=O)[C@@H](Cc1ccccc1)N(Cc1ccccc1F)C(=O)CN(c1ccc(OC)cc1)S(C)(=O)=O. The van der Waals surface area contributed by atoms with Gasteiger partial charge in [0, 0.05) is 25.1 Å². The van der Waals surface area contributed by atoms with Crippen LogP contribution in [0.15, 0.2) is 78.9 Å². The van der Waals surface area contributed by atoms with Gasteiger partial charge >= 0.3 is 0 Å². The number of carbonyl (C=O) groups excluding carboxylic acids is 2. The number of ether oxygens (including phenoxy) is 1. The number of carbonyl (C=O) groups is 2. The second-order valence-corrected chi connectivity index (χ2v) is 11.3.